The van der Waals surface area contributed by atoms with Crippen molar-refractivity contribution >= 4 is 16.7 Å². The van der Waals surface area contributed by atoms with Crippen molar-refractivity contribution in [3.8, 4) is 11.6 Å². The van der Waals surface area contributed by atoms with Crippen LogP contribution in [-0.4, -0.2) is 36.7 Å². The van der Waals surface area contributed by atoms with Gasteiger partial charge in [-0.2, -0.15) is 30.7 Å². The normalized spacial score (nSPS) is 17.2. The van der Waals surface area contributed by atoms with E-state index in [-0.39, 0.29) is 30.1 Å². The molecule has 0 saturated heterocycles. The van der Waals surface area contributed by atoms with Crippen LogP contribution in [0.25, 0.3) is 28.3 Å². The Kier molecular flexibility index (Phi) is 4.69. The highest BCUT2D eigenvalue weighted by molar-refractivity contribution is 5.84. The molecule has 1 aliphatic rings. The van der Waals surface area contributed by atoms with Gasteiger partial charge < -0.3 is 4.42 Å². The molecule has 4 aromatic heterocycles. The number of alkyl halides is 8. The van der Waals surface area contributed by atoms with Crippen molar-refractivity contribution in [2.75, 3.05) is 0 Å². The van der Waals surface area contributed by atoms with Crippen molar-refractivity contribution in [2.45, 2.75) is 49.4 Å². The Morgan fingerprint density at radius 1 is 0.971 bits per heavy atom. The molecule has 0 N–H and O–H groups in total. The van der Waals surface area contributed by atoms with Crippen LogP contribution in [0.2, 0.25) is 0 Å². The van der Waals surface area contributed by atoms with Gasteiger partial charge in [0.1, 0.15) is 17.0 Å². The molecule has 0 aliphatic heterocycles. The molecule has 0 atom stereocenters. The van der Waals surface area contributed by atoms with Crippen LogP contribution in [-0.2, 0) is 11.6 Å². The topological polar surface area (TPSA) is 69.1 Å². The van der Waals surface area contributed by atoms with Gasteiger partial charge in [0, 0.05) is 17.1 Å². The number of halogens is 8. The highest BCUT2D eigenvalue weighted by atomic mass is 19.4. The van der Waals surface area contributed by atoms with Crippen molar-refractivity contribution in [1.29, 1.82) is 0 Å². The molecule has 0 spiro atoms. The zero-order chi connectivity index (χ0) is 24.5. The smallest absolute Gasteiger partial charge is 0.422 e. The van der Waals surface area contributed by atoms with Crippen LogP contribution in [0.3, 0.4) is 0 Å². The third-order valence-corrected chi connectivity index (χ3v) is 5.92. The molecule has 1 fully saturated rings. The lowest BCUT2D eigenvalue weighted by atomic mass is 9.92. The fourth-order valence-corrected chi connectivity index (χ4v) is 4.14. The molecule has 0 unspecified atom stereocenters. The second-order valence-electron chi connectivity index (χ2n) is 8.04. The van der Waals surface area contributed by atoms with E-state index in [9.17, 15) is 30.7 Å². The van der Waals surface area contributed by atoms with Crippen LogP contribution in [0.5, 0.6) is 0 Å². The summed E-state index contributed by atoms with van der Waals surface area (Å²) in [5.41, 5.74) is -4.95. The van der Waals surface area contributed by atoms with Gasteiger partial charge in [-0.3, -0.25) is 4.40 Å². The summed E-state index contributed by atoms with van der Waals surface area (Å²) in [4.78, 5) is 8.24. The van der Waals surface area contributed by atoms with Gasteiger partial charge in [-0.15, -0.1) is 10.2 Å². The minimum Gasteiger partial charge on any atom is -0.422 e. The molecule has 34 heavy (non-hydrogen) atoms. The molecule has 1 saturated carbocycles. The van der Waals surface area contributed by atoms with Gasteiger partial charge in [0.15, 0.2) is 5.67 Å². The van der Waals surface area contributed by atoms with E-state index in [1.165, 1.54) is 6.20 Å². The fourth-order valence-electron chi connectivity index (χ4n) is 4.14. The largest absolute Gasteiger partial charge is 0.460 e. The highest BCUT2D eigenvalue weighted by Gasteiger charge is 2.74. The van der Waals surface area contributed by atoms with Crippen molar-refractivity contribution in [2.24, 2.45) is 0 Å². The average Bonchev–Trinajstić information content (AvgIpc) is 3.52. The van der Waals surface area contributed by atoms with Crippen LogP contribution in [0.15, 0.2) is 35.2 Å². The summed E-state index contributed by atoms with van der Waals surface area (Å²) in [5, 5.41) is 6.41. The Bertz CT molecular complexity index is 1370. The summed E-state index contributed by atoms with van der Waals surface area (Å²) in [6.07, 6.45) is -3.89. The van der Waals surface area contributed by atoms with Crippen molar-refractivity contribution < 1.29 is 39.5 Å². The van der Waals surface area contributed by atoms with E-state index in [1.807, 2.05) is 0 Å². The molecule has 0 amide bonds. The van der Waals surface area contributed by atoms with Crippen molar-refractivity contribution in [3.05, 3.63) is 42.0 Å². The minimum absolute atomic E-state index is 0.0570. The minimum atomic E-state index is -6.56. The average molecular weight is 491 g/mol. The van der Waals surface area contributed by atoms with Gasteiger partial charge >= 0.3 is 18.0 Å². The van der Waals surface area contributed by atoms with Crippen LogP contribution < -0.4 is 0 Å². The van der Waals surface area contributed by atoms with E-state index >= 15 is 4.39 Å². The summed E-state index contributed by atoms with van der Waals surface area (Å²) in [6.45, 7) is 0. The quantitative estimate of drug-likeness (QED) is 0.330. The molecular weight excluding hydrogens is 478 g/mol. The fraction of sp³-hybridized carbons (Fsp3) is 0.400. The van der Waals surface area contributed by atoms with Gasteiger partial charge in [-0.25, -0.2) is 14.4 Å². The van der Waals surface area contributed by atoms with Gasteiger partial charge in [0.2, 0.25) is 6.39 Å². The number of imidazole rings is 1. The molecule has 5 rings (SSSR count). The number of pyridine rings is 2. The van der Waals surface area contributed by atoms with Crippen LogP contribution in [0.1, 0.15) is 36.9 Å². The Morgan fingerprint density at radius 3 is 2.29 bits per heavy atom. The second kappa shape index (κ2) is 7.09. The standard InChI is InChI=1S/C20H13F8N5O/c21-17(5-1-2-6-17)13-7-11(18(22,23)19(24,25)20(26,27)28)10-3-4-14-30-12(16-32-29-9-34-16)8-33(14)15(10)31-13/h3-4,7-9H,1-2,5-6H2. The first kappa shape index (κ1) is 22.5. The molecule has 180 valence electrons. The molecule has 0 bridgehead atoms. The molecule has 0 radical (unpaired) electrons. The first-order valence-electron chi connectivity index (χ1n) is 9.97. The Labute approximate surface area is 184 Å². The first-order valence-corrected chi connectivity index (χ1v) is 9.97. The van der Waals surface area contributed by atoms with E-state index in [2.05, 4.69) is 20.2 Å². The molecule has 4 heterocycles. The maximum absolute atomic E-state index is 15.5. The van der Waals surface area contributed by atoms with Crippen molar-refractivity contribution in [3.63, 3.8) is 0 Å². The van der Waals surface area contributed by atoms with Crippen molar-refractivity contribution in [1.82, 2.24) is 24.6 Å². The maximum Gasteiger partial charge on any atom is 0.460 e. The number of fused-ring (bicyclic) bond motifs is 3. The third kappa shape index (κ3) is 3.14. The van der Waals surface area contributed by atoms with Gasteiger partial charge in [-0.05, 0) is 43.9 Å². The third-order valence-electron chi connectivity index (χ3n) is 5.92. The van der Waals surface area contributed by atoms with Gasteiger partial charge in [0.05, 0.1) is 5.69 Å². The van der Waals surface area contributed by atoms with E-state index in [0.717, 1.165) is 22.9 Å². The summed E-state index contributed by atoms with van der Waals surface area (Å²) in [6, 6.07) is 2.33. The van der Waals surface area contributed by atoms with Gasteiger partial charge in [-0.1, -0.05) is 0 Å². The number of nitrogens with zero attached hydrogens (tertiary/aromatic N) is 5. The number of rotatable bonds is 4. The zero-order valence-electron chi connectivity index (χ0n) is 16.9. The van der Waals surface area contributed by atoms with E-state index in [1.54, 1.807) is 0 Å². The maximum atomic E-state index is 15.5. The molecule has 4 aromatic rings. The Hall–Kier alpha value is -3.32. The molecule has 0 aromatic carbocycles. The lowest BCUT2D eigenvalue weighted by molar-refractivity contribution is -0.359. The zero-order valence-corrected chi connectivity index (χ0v) is 16.9. The second-order valence-corrected chi connectivity index (χ2v) is 8.04. The lowest BCUT2D eigenvalue weighted by Crippen LogP contribution is -2.50. The van der Waals surface area contributed by atoms with Crippen LogP contribution >= 0.6 is 0 Å². The summed E-state index contributed by atoms with van der Waals surface area (Å²) in [5.74, 6) is -12.2. The molecule has 6 nitrogen and oxygen atoms in total. The molecule has 1 aliphatic carbocycles. The summed E-state index contributed by atoms with van der Waals surface area (Å²) >= 11 is 0. The SMILES string of the molecule is FC1(c2cc(C(F)(F)C(F)(F)C(F)(F)F)c3ccc4nc(-c5nnco5)cn4c3n2)CCCC1. The van der Waals surface area contributed by atoms with E-state index in [4.69, 9.17) is 4.42 Å². The summed E-state index contributed by atoms with van der Waals surface area (Å²) in [7, 11) is 0. The number of hydrogen-bond acceptors (Lipinski definition) is 5. The molecule has 14 heteroatoms. The Balaban J connectivity index is 1.83. The summed E-state index contributed by atoms with van der Waals surface area (Å²) < 4.78 is 118. The highest BCUT2D eigenvalue weighted by Crippen LogP contribution is 2.54. The van der Waals surface area contributed by atoms with E-state index < -0.39 is 46.0 Å². The van der Waals surface area contributed by atoms with Crippen LogP contribution in [0, 0.1) is 0 Å². The predicted molar refractivity (Wildman–Crippen MR) is 99.9 cm³/mol. The monoisotopic (exact) mass is 491 g/mol. The first-order chi connectivity index (χ1) is 15.9. The van der Waals surface area contributed by atoms with Gasteiger partial charge in [0.25, 0.3) is 5.89 Å². The van der Waals surface area contributed by atoms with E-state index in [0.29, 0.717) is 18.9 Å². The Morgan fingerprint density at radius 2 is 1.68 bits per heavy atom. The molecular formula is C20H13F8N5O. The van der Waals surface area contributed by atoms with Crippen LogP contribution in [0.4, 0.5) is 35.1 Å². The lowest BCUT2D eigenvalue weighted by Gasteiger charge is -2.30. The predicted octanol–water partition coefficient (Wildman–Crippen LogP) is 5.96. The number of aromatic nitrogens is 5. The number of hydrogen-bond donors (Lipinski definition) is 0.